The van der Waals surface area contributed by atoms with Crippen molar-refractivity contribution < 1.29 is 27.8 Å². The number of para-hydroxylation sites is 1. The fraction of sp³-hybridized carbons (Fsp3) is 0.267. The number of hydrogen-bond donors (Lipinski definition) is 1. The number of benzene rings is 3. The second-order valence-electron chi connectivity index (χ2n) is 9.73. The zero-order valence-electron chi connectivity index (χ0n) is 22.2. The number of alkyl halides is 3. The van der Waals surface area contributed by atoms with E-state index in [9.17, 15) is 23.1 Å². The molecule has 0 aliphatic rings. The van der Waals surface area contributed by atoms with Crippen LogP contribution in [0, 0.1) is 6.92 Å². The van der Waals surface area contributed by atoms with Gasteiger partial charge in [-0.2, -0.15) is 18.3 Å². The molecule has 1 heterocycles. The molecule has 4 aromatic rings. The van der Waals surface area contributed by atoms with Crippen molar-refractivity contribution in [3.63, 3.8) is 0 Å². The Bertz CT molecular complexity index is 1480. The van der Waals surface area contributed by atoms with Crippen molar-refractivity contribution in [1.29, 1.82) is 0 Å². The number of aromatic carboxylic acids is 1. The summed E-state index contributed by atoms with van der Waals surface area (Å²) in [7, 11) is 1.92. The van der Waals surface area contributed by atoms with Crippen LogP contribution in [-0.4, -0.2) is 27.9 Å². The van der Waals surface area contributed by atoms with Gasteiger partial charge >= 0.3 is 12.1 Å². The molecule has 1 N–H and O–H groups in total. The molecule has 0 radical (unpaired) electrons. The Labute approximate surface area is 225 Å². The molecule has 0 bridgehead atoms. The molecular weight excluding hydrogens is 507 g/mol. The second-order valence-corrected chi connectivity index (χ2v) is 9.73. The van der Waals surface area contributed by atoms with E-state index < -0.39 is 17.7 Å². The summed E-state index contributed by atoms with van der Waals surface area (Å²) < 4.78 is 48.6. The summed E-state index contributed by atoms with van der Waals surface area (Å²) in [6.07, 6.45) is -2.92. The van der Waals surface area contributed by atoms with Gasteiger partial charge in [0.2, 0.25) is 0 Å². The Balaban J connectivity index is 1.56. The summed E-state index contributed by atoms with van der Waals surface area (Å²) >= 11 is 0. The van der Waals surface area contributed by atoms with Gasteiger partial charge in [-0.3, -0.25) is 0 Å². The number of nitrogens with zero attached hydrogens (tertiary/aromatic N) is 3. The van der Waals surface area contributed by atoms with Crippen LogP contribution in [0.25, 0.3) is 5.69 Å². The summed E-state index contributed by atoms with van der Waals surface area (Å²) in [6, 6.07) is 17.8. The van der Waals surface area contributed by atoms with E-state index in [0.29, 0.717) is 18.0 Å². The minimum atomic E-state index is -4.52. The fourth-order valence-electron chi connectivity index (χ4n) is 4.58. The molecular formula is C30H30F3N3O3. The summed E-state index contributed by atoms with van der Waals surface area (Å²) in [4.78, 5) is 13.3. The minimum absolute atomic E-state index is 0.0350. The first kappa shape index (κ1) is 27.8. The largest absolute Gasteiger partial charge is 0.487 e. The highest BCUT2D eigenvalue weighted by molar-refractivity contribution is 5.87. The van der Waals surface area contributed by atoms with E-state index in [1.165, 1.54) is 16.8 Å². The summed E-state index contributed by atoms with van der Waals surface area (Å²) in [5.74, 6) is -0.363. The van der Waals surface area contributed by atoms with Gasteiger partial charge in [-0.15, -0.1) is 0 Å². The number of aryl methyl sites for hydroxylation is 1. The summed E-state index contributed by atoms with van der Waals surface area (Å²) in [6.45, 7) is 6.41. The van der Waals surface area contributed by atoms with E-state index in [4.69, 9.17) is 4.74 Å². The van der Waals surface area contributed by atoms with Crippen LogP contribution in [0.15, 0.2) is 72.9 Å². The van der Waals surface area contributed by atoms with Crippen molar-refractivity contribution in [3.8, 4) is 11.4 Å². The first-order valence-corrected chi connectivity index (χ1v) is 12.5. The van der Waals surface area contributed by atoms with E-state index in [1.54, 1.807) is 30.5 Å². The number of carboxylic acid groups (broad SMARTS) is 1. The molecule has 0 aliphatic carbocycles. The maximum Gasteiger partial charge on any atom is 0.418 e. The Kier molecular flexibility index (Phi) is 7.99. The highest BCUT2D eigenvalue weighted by Crippen LogP contribution is 2.35. The second kappa shape index (κ2) is 11.2. The molecule has 204 valence electrons. The number of anilines is 1. The monoisotopic (exact) mass is 537 g/mol. The molecule has 0 spiro atoms. The van der Waals surface area contributed by atoms with Crippen molar-refractivity contribution in [2.24, 2.45) is 0 Å². The van der Waals surface area contributed by atoms with Gasteiger partial charge in [-0.05, 0) is 72.0 Å². The predicted octanol–water partition coefficient (Wildman–Crippen LogP) is 7.24. The Morgan fingerprint density at radius 3 is 2.49 bits per heavy atom. The molecule has 0 aliphatic heterocycles. The van der Waals surface area contributed by atoms with Crippen molar-refractivity contribution in [2.75, 3.05) is 11.9 Å². The number of ether oxygens (including phenoxy) is 1. The van der Waals surface area contributed by atoms with Gasteiger partial charge < -0.3 is 14.7 Å². The van der Waals surface area contributed by atoms with Crippen molar-refractivity contribution in [2.45, 2.75) is 46.0 Å². The summed E-state index contributed by atoms with van der Waals surface area (Å²) in [5, 5.41) is 13.5. The lowest BCUT2D eigenvalue weighted by atomic mass is 10.0. The van der Waals surface area contributed by atoms with Crippen LogP contribution < -0.4 is 9.64 Å². The van der Waals surface area contributed by atoms with E-state index in [-0.39, 0.29) is 23.8 Å². The molecule has 4 rings (SSSR count). The number of halogens is 3. The highest BCUT2D eigenvalue weighted by atomic mass is 19.4. The zero-order valence-corrected chi connectivity index (χ0v) is 22.2. The van der Waals surface area contributed by atoms with Crippen LogP contribution in [-0.2, 0) is 19.3 Å². The normalized spacial score (nSPS) is 11.6. The highest BCUT2D eigenvalue weighted by Gasteiger charge is 2.34. The molecule has 0 unspecified atom stereocenters. The fourth-order valence-corrected chi connectivity index (χ4v) is 4.58. The molecule has 0 saturated heterocycles. The topological polar surface area (TPSA) is 67.6 Å². The standard InChI is InChI=1S/C30H30F3N3O3/c1-19(2)24-16-34-36(27-11-6-5-10-25(27)30(31,32)33)28(24)18-39-23-12-13-26(20(3)14-23)35(4)17-21-8-7-9-22(15-21)29(37)38/h5-16,19H,17-18H2,1-4H3,(H,37,38). The number of aromatic nitrogens is 2. The molecule has 9 heteroatoms. The first-order chi connectivity index (χ1) is 18.5. The minimum Gasteiger partial charge on any atom is -0.487 e. The average Bonchev–Trinajstić information content (AvgIpc) is 3.31. The van der Waals surface area contributed by atoms with E-state index in [0.717, 1.165) is 28.4 Å². The van der Waals surface area contributed by atoms with E-state index >= 15 is 0 Å². The van der Waals surface area contributed by atoms with E-state index in [2.05, 4.69) is 5.10 Å². The van der Waals surface area contributed by atoms with Crippen LogP contribution in [0.3, 0.4) is 0 Å². The molecule has 0 atom stereocenters. The average molecular weight is 538 g/mol. The Morgan fingerprint density at radius 2 is 1.82 bits per heavy atom. The number of hydrogen-bond acceptors (Lipinski definition) is 4. The lowest BCUT2D eigenvalue weighted by Crippen LogP contribution is -2.18. The molecule has 6 nitrogen and oxygen atoms in total. The van der Waals surface area contributed by atoms with Crippen LogP contribution in [0.1, 0.15) is 58.1 Å². The lowest BCUT2D eigenvalue weighted by Gasteiger charge is -2.22. The van der Waals surface area contributed by atoms with Gasteiger partial charge in [-0.25, -0.2) is 9.48 Å². The maximum absolute atomic E-state index is 13.7. The first-order valence-electron chi connectivity index (χ1n) is 12.5. The number of carbonyl (C=O) groups is 1. The van der Waals surface area contributed by atoms with Crippen LogP contribution >= 0.6 is 0 Å². The molecule has 39 heavy (non-hydrogen) atoms. The van der Waals surface area contributed by atoms with Gasteiger partial charge in [0.05, 0.1) is 28.7 Å². The van der Waals surface area contributed by atoms with Gasteiger partial charge in [0.15, 0.2) is 0 Å². The SMILES string of the molecule is Cc1cc(OCc2c(C(C)C)cnn2-c2ccccc2C(F)(F)F)ccc1N(C)Cc1cccc(C(=O)O)c1. The molecule has 1 aromatic heterocycles. The zero-order chi connectivity index (χ0) is 28.3. The lowest BCUT2D eigenvalue weighted by molar-refractivity contribution is -0.137. The molecule has 0 fully saturated rings. The quantitative estimate of drug-likeness (QED) is 0.244. The maximum atomic E-state index is 13.7. The number of carboxylic acids is 1. The van der Waals surface area contributed by atoms with Crippen molar-refractivity contribution >= 4 is 11.7 Å². The van der Waals surface area contributed by atoms with Gasteiger partial charge in [0.1, 0.15) is 12.4 Å². The van der Waals surface area contributed by atoms with Crippen molar-refractivity contribution in [1.82, 2.24) is 9.78 Å². The molecule has 0 saturated carbocycles. The van der Waals surface area contributed by atoms with E-state index in [1.807, 2.05) is 57.0 Å². The third kappa shape index (κ3) is 6.25. The smallest absolute Gasteiger partial charge is 0.418 e. The van der Waals surface area contributed by atoms with Gasteiger partial charge in [0.25, 0.3) is 0 Å². The Hall–Kier alpha value is -4.27. The Morgan fingerprint density at radius 1 is 1.08 bits per heavy atom. The molecule has 3 aromatic carbocycles. The van der Waals surface area contributed by atoms with Crippen LogP contribution in [0.2, 0.25) is 0 Å². The van der Waals surface area contributed by atoms with Crippen LogP contribution in [0.4, 0.5) is 18.9 Å². The third-order valence-corrected chi connectivity index (χ3v) is 6.51. The number of rotatable bonds is 9. The van der Waals surface area contributed by atoms with Gasteiger partial charge in [0, 0.05) is 19.3 Å². The molecule has 0 amide bonds. The van der Waals surface area contributed by atoms with Crippen LogP contribution in [0.5, 0.6) is 5.75 Å². The third-order valence-electron chi connectivity index (χ3n) is 6.51. The van der Waals surface area contributed by atoms with Crippen molar-refractivity contribution in [3.05, 3.63) is 106 Å². The summed E-state index contributed by atoms with van der Waals surface area (Å²) in [5.41, 5.74) is 3.53. The van der Waals surface area contributed by atoms with Gasteiger partial charge in [-0.1, -0.05) is 38.1 Å². The predicted molar refractivity (Wildman–Crippen MR) is 144 cm³/mol.